The molecule has 0 spiro atoms. The molecule has 0 saturated heterocycles. The number of rotatable bonds is 4. The van der Waals surface area contributed by atoms with Crippen LogP contribution in [0.25, 0.3) is 0 Å². The highest BCUT2D eigenvalue weighted by Crippen LogP contribution is 2.25. The molecule has 0 amide bonds. The van der Waals surface area contributed by atoms with E-state index >= 15 is 0 Å². The van der Waals surface area contributed by atoms with Crippen molar-refractivity contribution in [2.75, 3.05) is 0 Å². The first kappa shape index (κ1) is 11.9. The van der Waals surface area contributed by atoms with Crippen LogP contribution >= 0.6 is 11.6 Å². The second kappa shape index (κ2) is 5.17. The number of nitrogens with one attached hydrogen (secondary N) is 1. The molecule has 1 atom stereocenters. The van der Waals surface area contributed by atoms with Gasteiger partial charge in [0.25, 0.3) is 0 Å². The topological polar surface area (TPSA) is 38.0 Å². The molecule has 1 unspecified atom stereocenters. The van der Waals surface area contributed by atoms with Gasteiger partial charge in [-0.2, -0.15) is 0 Å². The second-order valence-electron chi connectivity index (χ2n) is 4.61. The molecular formula is C13H19ClN2. The van der Waals surface area contributed by atoms with Crippen molar-refractivity contribution in [2.45, 2.75) is 44.3 Å². The molecule has 1 aliphatic rings. The summed E-state index contributed by atoms with van der Waals surface area (Å²) in [5, 5.41) is 4.45. The van der Waals surface area contributed by atoms with E-state index in [1.54, 1.807) is 0 Å². The Morgan fingerprint density at radius 1 is 1.50 bits per heavy atom. The molecule has 2 rings (SSSR count). The SMILES string of the molecule is CCC(NC1CC(N)C1)c1cccc(Cl)c1. The predicted molar refractivity (Wildman–Crippen MR) is 68.6 cm³/mol. The van der Waals surface area contributed by atoms with E-state index in [4.69, 9.17) is 17.3 Å². The fraction of sp³-hybridized carbons (Fsp3) is 0.538. The molecule has 1 fully saturated rings. The zero-order valence-corrected chi connectivity index (χ0v) is 10.4. The molecule has 1 aliphatic carbocycles. The van der Waals surface area contributed by atoms with E-state index in [1.165, 1.54) is 5.56 Å². The Morgan fingerprint density at radius 2 is 2.25 bits per heavy atom. The summed E-state index contributed by atoms with van der Waals surface area (Å²) < 4.78 is 0. The third kappa shape index (κ3) is 2.76. The predicted octanol–water partition coefficient (Wildman–Crippen LogP) is 2.87. The van der Waals surface area contributed by atoms with Crippen molar-refractivity contribution in [2.24, 2.45) is 5.73 Å². The van der Waals surface area contributed by atoms with Gasteiger partial charge >= 0.3 is 0 Å². The van der Waals surface area contributed by atoms with Gasteiger partial charge in [-0.05, 0) is 37.0 Å². The first-order valence-electron chi connectivity index (χ1n) is 5.96. The van der Waals surface area contributed by atoms with Gasteiger partial charge in [-0.3, -0.25) is 0 Å². The van der Waals surface area contributed by atoms with E-state index in [2.05, 4.69) is 18.3 Å². The average molecular weight is 239 g/mol. The van der Waals surface area contributed by atoms with Gasteiger partial charge in [0.15, 0.2) is 0 Å². The van der Waals surface area contributed by atoms with Crippen LogP contribution in [0.1, 0.15) is 37.8 Å². The van der Waals surface area contributed by atoms with Crippen molar-refractivity contribution in [3.05, 3.63) is 34.9 Å². The molecule has 0 bridgehead atoms. The lowest BCUT2D eigenvalue weighted by molar-refractivity contribution is 0.264. The number of hydrogen-bond acceptors (Lipinski definition) is 2. The molecule has 3 N–H and O–H groups in total. The third-order valence-corrected chi connectivity index (χ3v) is 3.51. The quantitative estimate of drug-likeness (QED) is 0.847. The largest absolute Gasteiger partial charge is 0.328 e. The molecule has 0 aliphatic heterocycles. The molecule has 0 radical (unpaired) electrons. The minimum Gasteiger partial charge on any atom is -0.328 e. The summed E-state index contributed by atoms with van der Waals surface area (Å²) in [4.78, 5) is 0. The molecule has 1 aromatic carbocycles. The number of nitrogens with two attached hydrogens (primary N) is 1. The molecule has 88 valence electrons. The molecule has 1 saturated carbocycles. The first-order chi connectivity index (χ1) is 7.69. The third-order valence-electron chi connectivity index (χ3n) is 3.27. The maximum absolute atomic E-state index is 6.01. The van der Waals surface area contributed by atoms with Gasteiger partial charge in [-0.1, -0.05) is 30.7 Å². The standard InChI is InChI=1S/C13H19ClN2/c1-2-13(16-12-7-11(15)8-12)9-4-3-5-10(14)6-9/h3-6,11-13,16H,2,7-8,15H2,1H3. The van der Waals surface area contributed by atoms with Gasteiger partial charge in [-0.25, -0.2) is 0 Å². The van der Waals surface area contributed by atoms with Gasteiger partial charge < -0.3 is 11.1 Å². The van der Waals surface area contributed by atoms with Crippen molar-refractivity contribution < 1.29 is 0 Å². The summed E-state index contributed by atoms with van der Waals surface area (Å²) in [6.07, 6.45) is 3.26. The van der Waals surface area contributed by atoms with Crippen molar-refractivity contribution in [1.29, 1.82) is 0 Å². The van der Waals surface area contributed by atoms with E-state index in [-0.39, 0.29) is 0 Å². The fourth-order valence-electron chi connectivity index (χ4n) is 2.26. The minimum atomic E-state index is 0.398. The van der Waals surface area contributed by atoms with E-state index in [1.807, 2.05) is 18.2 Å². The summed E-state index contributed by atoms with van der Waals surface area (Å²) >= 11 is 6.01. The van der Waals surface area contributed by atoms with Gasteiger partial charge in [-0.15, -0.1) is 0 Å². The van der Waals surface area contributed by atoms with Crippen LogP contribution in [-0.4, -0.2) is 12.1 Å². The summed E-state index contributed by atoms with van der Waals surface area (Å²) in [7, 11) is 0. The monoisotopic (exact) mass is 238 g/mol. The van der Waals surface area contributed by atoms with Gasteiger partial charge in [0, 0.05) is 23.1 Å². The van der Waals surface area contributed by atoms with Crippen molar-refractivity contribution in [1.82, 2.24) is 5.32 Å². The Labute approximate surface area is 102 Å². The summed E-state index contributed by atoms with van der Waals surface area (Å²) in [5.41, 5.74) is 7.06. The molecule has 3 heteroatoms. The van der Waals surface area contributed by atoms with Crippen LogP contribution in [-0.2, 0) is 0 Å². The highest BCUT2D eigenvalue weighted by atomic mass is 35.5. The van der Waals surface area contributed by atoms with Crippen LogP contribution in [0, 0.1) is 0 Å². The Hall–Kier alpha value is -0.570. The Kier molecular flexibility index (Phi) is 3.85. The van der Waals surface area contributed by atoms with Crippen molar-refractivity contribution >= 4 is 11.6 Å². The maximum Gasteiger partial charge on any atom is 0.0409 e. The van der Waals surface area contributed by atoms with Crippen LogP contribution < -0.4 is 11.1 Å². The summed E-state index contributed by atoms with van der Waals surface area (Å²) in [6, 6.07) is 9.47. The van der Waals surface area contributed by atoms with E-state index < -0.39 is 0 Å². The van der Waals surface area contributed by atoms with Crippen LogP contribution in [0.15, 0.2) is 24.3 Å². The van der Waals surface area contributed by atoms with Gasteiger partial charge in [0.1, 0.15) is 0 Å². The molecule has 16 heavy (non-hydrogen) atoms. The number of benzene rings is 1. The molecule has 1 aromatic rings. The lowest BCUT2D eigenvalue weighted by Crippen LogP contribution is -2.49. The maximum atomic E-state index is 6.01. The van der Waals surface area contributed by atoms with Crippen molar-refractivity contribution in [3.8, 4) is 0 Å². The number of hydrogen-bond donors (Lipinski definition) is 2. The molecule has 2 nitrogen and oxygen atoms in total. The van der Waals surface area contributed by atoms with E-state index in [0.717, 1.165) is 24.3 Å². The highest BCUT2D eigenvalue weighted by Gasteiger charge is 2.27. The lowest BCUT2D eigenvalue weighted by Gasteiger charge is -2.36. The molecule has 0 heterocycles. The minimum absolute atomic E-state index is 0.398. The Balaban J connectivity index is 1.99. The van der Waals surface area contributed by atoms with Crippen LogP contribution in [0.5, 0.6) is 0 Å². The lowest BCUT2D eigenvalue weighted by atomic mass is 9.86. The number of halogens is 1. The fourth-order valence-corrected chi connectivity index (χ4v) is 2.45. The zero-order valence-electron chi connectivity index (χ0n) is 9.62. The average Bonchev–Trinajstić information content (AvgIpc) is 2.22. The smallest absolute Gasteiger partial charge is 0.0409 e. The zero-order chi connectivity index (χ0) is 11.5. The molecular weight excluding hydrogens is 220 g/mol. The van der Waals surface area contributed by atoms with Crippen molar-refractivity contribution in [3.63, 3.8) is 0 Å². The normalized spacial score (nSPS) is 26.2. The summed E-state index contributed by atoms with van der Waals surface area (Å²) in [6.45, 7) is 2.19. The highest BCUT2D eigenvalue weighted by molar-refractivity contribution is 6.30. The first-order valence-corrected chi connectivity index (χ1v) is 6.34. The second-order valence-corrected chi connectivity index (χ2v) is 5.05. The summed E-state index contributed by atoms with van der Waals surface area (Å²) in [5.74, 6) is 0. The van der Waals surface area contributed by atoms with Crippen LogP contribution in [0.2, 0.25) is 5.02 Å². The van der Waals surface area contributed by atoms with E-state index in [0.29, 0.717) is 18.1 Å². The molecule has 0 aromatic heterocycles. The van der Waals surface area contributed by atoms with Gasteiger partial charge in [0.05, 0.1) is 0 Å². The van der Waals surface area contributed by atoms with E-state index in [9.17, 15) is 0 Å². The van der Waals surface area contributed by atoms with Crippen LogP contribution in [0.3, 0.4) is 0 Å². The Morgan fingerprint density at radius 3 is 2.81 bits per heavy atom. The van der Waals surface area contributed by atoms with Crippen LogP contribution in [0.4, 0.5) is 0 Å². The Bertz CT molecular complexity index is 348. The van der Waals surface area contributed by atoms with Gasteiger partial charge in [0.2, 0.25) is 0 Å².